The Balaban J connectivity index is 3.57. The lowest BCUT2D eigenvalue weighted by Gasteiger charge is -2.15. The van der Waals surface area contributed by atoms with Crippen LogP contribution in [0.3, 0.4) is 0 Å². The molecule has 0 radical (unpaired) electrons. The highest BCUT2D eigenvalue weighted by molar-refractivity contribution is 5.95. The molecular formula is C9H9F3N2O. The van der Waals surface area contributed by atoms with Crippen LogP contribution < -0.4 is 11.5 Å². The van der Waals surface area contributed by atoms with Crippen molar-refractivity contribution < 1.29 is 18.0 Å². The molecule has 0 unspecified atom stereocenters. The molecule has 6 heteroatoms. The van der Waals surface area contributed by atoms with E-state index in [0.717, 1.165) is 6.07 Å². The van der Waals surface area contributed by atoms with Gasteiger partial charge >= 0.3 is 6.18 Å². The Kier molecular flexibility index (Phi) is 2.61. The number of carbonyl (C=O) groups is 1. The molecule has 1 rings (SSSR count). The number of alkyl halides is 3. The van der Waals surface area contributed by atoms with E-state index in [2.05, 4.69) is 0 Å². The highest BCUT2D eigenvalue weighted by Gasteiger charge is 2.37. The molecular weight excluding hydrogens is 209 g/mol. The highest BCUT2D eigenvalue weighted by atomic mass is 19.4. The van der Waals surface area contributed by atoms with E-state index >= 15 is 0 Å². The van der Waals surface area contributed by atoms with E-state index in [4.69, 9.17) is 11.5 Å². The Morgan fingerprint density at radius 2 is 1.87 bits per heavy atom. The number of hydrogen-bond donors (Lipinski definition) is 2. The molecule has 0 aliphatic carbocycles. The third-order valence-corrected chi connectivity index (χ3v) is 2.06. The second-order valence-electron chi connectivity index (χ2n) is 3.06. The molecule has 0 saturated carbocycles. The number of nitrogen functional groups attached to an aromatic ring is 1. The SMILES string of the molecule is Cc1c(N)ccc(C(N)=O)c1C(F)(F)F. The lowest BCUT2D eigenvalue weighted by molar-refractivity contribution is -0.138. The molecule has 3 nitrogen and oxygen atoms in total. The quantitative estimate of drug-likeness (QED) is 0.704. The number of rotatable bonds is 1. The summed E-state index contributed by atoms with van der Waals surface area (Å²) in [6.45, 7) is 1.20. The Labute approximate surface area is 83.9 Å². The summed E-state index contributed by atoms with van der Waals surface area (Å²) < 4.78 is 37.8. The van der Waals surface area contributed by atoms with Crippen molar-refractivity contribution in [2.24, 2.45) is 5.73 Å². The van der Waals surface area contributed by atoms with Crippen LogP contribution in [-0.4, -0.2) is 5.91 Å². The average Bonchev–Trinajstić information content (AvgIpc) is 2.06. The number of primary amides is 1. The van der Waals surface area contributed by atoms with Crippen LogP contribution in [0, 0.1) is 6.92 Å². The fourth-order valence-electron chi connectivity index (χ4n) is 1.30. The molecule has 82 valence electrons. The van der Waals surface area contributed by atoms with Gasteiger partial charge in [-0.15, -0.1) is 0 Å². The zero-order chi connectivity index (χ0) is 11.8. The van der Waals surface area contributed by atoms with Gasteiger partial charge in [-0.25, -0.2) is 0 Å². The summed E-state index contributed by atoms with van der Waals surface area (Å²) in [4.78, 5) is 10.8. The van der Waals surface area contributed by atoms with Crippen molar-refractivity contribution in [1.82, 2.24) is 0 Å². The minimum absolute atomic E-state index is 0.0210. The summed E-state index contributed by atoms with van der Waals surface area (Å²) in [6.07, 6.45) is -4.64. The van der Waals surface area contributed by atoms with Gasteiger partial charge < -0.3 is 11.5 Å². The summed E-state index contributed by atoms with van der Waals surface area (Å²) in [5, 5.41) is 0. The minimum Gasteiger partial charge on any atom is -0.399 e. The van der Waals surface area contributed by atoms with Crippen LogP contribution in [0.1, 0.15) is 21.5 Å². The number of anilines is 1. The third-order valence-electron chi connectivity index (χ3n) is 2.06. The van der Waals surface area contributed by atoms with Gasteiger partial charge in [0.2, 0.25) is 5.91 Å². The molecule has 1 aromatic carbocycles. The number of halogens is 3. The largest absolute Gasteiger partial charge is 0.417 e. The lowest BCUT2D eigenvalue weighted by Crippen LogP contribution is -2.20. The Hall–Kier alpha value is -1.72. The van der Waals surface area contributed by atoms with E-state index in [1.807, 2.05) is 0 Å². The molecule has 0 aromatic heterocycles. The molecule has 0 spiro atoms. The van der Waals surface area contributed by atoms with E-state index in [-0.39, 0.29) is 11.3 Å². The first-order chi connectivity index (χ1) is 6.75. The molecule has 0 heterocycles. The van der Waals surface area contributed by atoms with Crippen LogP contribution in [0.4, 0.5) is 18.9 Å². The van der Waals surface area contributed by atoms with Crippen molar-refractivity contribution in [2.75, 3.05) is 5.73 Å². The van der Waals surface area contributed by atoms with Crippen LogP contribution >= 0.6 is 0 Å². The van der Waals surface area contributed by atoms with E-state index in [1.165, 1.54) is 13.0 Å². The van der Waals surface area contributed by atoms with Crippen molar-refractivity contribution >= 4 is 11.6 Å². The zero-order valence-corrected chi connectivity index (χ0v) is 7.85. The van der Waals surface area contributed by atoms with Gasteiger partial charge in [-0.1, -0.05) is 0 Å². The summed E-state index contributed by atoms with van der Waals surface area (Å²) in [7, 11) is 0. The number of nitrogens with two attached hydrogens (primary N) is 2. The highest BCUT2D eigenvalue weighted by Crippen LogP contribution is 2.36. The van der Waals surface area contributed by atoms with Gasteiger partial charge in [-0.3, -0.25) is 4.79 Å². The minimum atomic E-state index is -4.64. The second-order valence-corrected chi connectivity index (χ2v) is 3.06. The Morgan fingerprint density at radius 1 is 1.33 bits per heavy atom. The molecule has 0 saturated heterocycles. The molecule has 0 aliphatic rings. The number of benzene rings is 1. The average molecular weight is 218 g/mol. The maximum Gasteiger partial charge on any atom is 0.417 e. The van der Waals surface area contributed by atoms with Gasteiger partial charge in [0, 0.05) is 5.69 Å². The van der Waals surface area contributed by atoms with Gasteiger partial charge in [0.15, 0.2) is 0 Å². The molecule has 15 heavy (non-hydrogen) atoms. The molecule has 0 aliphatic heterocycles. The van der Waals surface area contributed by atoms with E-state index in [1.54, 1.807) is 0 Å². The van der Waals surface area contributed by atoms with Crippen LogP contribution in [0.2, 0.25) is 0 Å². The molecule has 0 atom stereocenters. The number of amides is 1. The molecule has 1 amide bonds. The molecule has 4 N–H and O–H groups in total. The first-order valence-corrected chi connectivity index (χ1v) is 4.01. The summed E-state index contributed by atoms with van der Waals surface area (Å²) >= 11 is 0. The topological polar surface area (TPSA) is 69.1 Å². The van der Waals surface area contributed by atoms with E-state index < -0.39 is 23.2 Å². The maximum absolute atomic E-state index is 12.6. The Bertz CT molecular complexity index is 413. The summed E-state index contributed by atoms with van der Waals surface area (Å²) in [5.41, 5.74) is 8.36. The van der Waals surface area contributed by atoms with Crippen molar-refractivity contribution in [3.63, 3.8) is 0 Å². The van der Waals surface area contributed by atoms with Gasteiger partial charge in [0.05, 0.1) is 11.1 Å². The smallest absolute Gasteiger partial charge is 0.399 e. The lowest BCUT2D eigenvalue weighted by atomic mass is 9.99. The van der Waals surface area contributed by atoms with Crippen LogP contribution in [-0.2, 0) is 6.18 Å². The van der Waals surface area contributed by atoms with Crippen LogP contribution in [0.5, 0.6) is 0 Å². The van der Waals surface area contributed by atoms with Crippen LogP contribution in [0.15, 0.2) is 12.1 Å². The zero-order valence-electron chi connectivity index (χ0n) is 7.85. The fraction of sp³-hybridized carbons (Fsp3) is 0.222. The van der Waals surface area contributed by atoms with Crippen molar-refractivity contribution in [2.45, 2.75) is 13.1 Å². The first-order valence-electron chi connectivity index (χ1n) is 4.01. The normalized spacial score (nSPS) is 11.5. The second kappa shape index (κ2) is 3.45. The van der Waals surface area contributed by atoms with Gasteiger partial charge in [-0.05, 0) is 24.6 Å². The molecule has 0 fully saturated rings. The predicted molar refractivity (Wildman–Crippen MR) is 49.1 cm³/mol. The number of hydrogen-bond acceptors (Lipinski definition) is 2. The van der Waals surface area contributed by atoms with Crippen molar-refractivity contribution in [3.8, 4) is 0 Å². The monoisotopic (exact) mass is 218 g/mol. The van der Waals surface area contributed by atoms with E-state index in [9.17, 15) is 18.0 Å². The summed E-state index contributed by atoms with van der Waals surface area (Å²) in [5.74, 6) is -1.12. The third kappa shape index (κ3) is 2.03. The maximum atomic E-state index is 12.6. The molecule has 1 aromatic rings. The standard InChI is InChI=1S/C9H9F3N2O/c1-4-6(13)3-2-5(8(14)15)7(4)9(10,11)12/h2-3H,13H2,1H3,(H2,14,15). The first kappa shape index (κ1) is 11.4. The van der Waals surface area contributed by atoms with Crippen LogP contribution in [0.25, 0.3) is 0 Å². The van der Waals surface area contributed by atoms with Crippen molar-refractivity contribution in [1.29, 1.82) is 0 Å². The summed E-state index contributed by atoms with van der Waals surface area (Å²) in [6, 6.07) is 2.21. The predicted octanol–water partition coefficient (Wildman–Crippen LogP) is 1.69. The van der Waals surface area contributed by atoms with Gasteiger partial charge in [0.25, 0.3) is 0 Å². The number of carbonyl (C=O) groups excluding carboxylic acids is 1. The Morgan fingerprint density at radius 3 is 2.27 bits per heavy atom. The molecule has 0 bridgehead atoms. The fourth-order valence-corrected chi connectivity index (χ4v) is 1.30. The van der Waals surface area contributed by atoms with Crippen molar-refractivity contribution in [3.05, 3.63) is 28.8 Å². The van der Waals surface area contributed by atoms with E-state index in [0.29, 0.717) is 0 Å². The van der Waals surface area contributed by atoms with Gasteiger partial charge in [-0.2, -0.15) is 13.2 Å². The van der Waals surface area contributed by atoms with Gasteiger partial charge in [0.1, 0.15) is 0 Å².